The fourth-order valence-electron chi connectivity index (χ4n) is 2.69. The number of hydrogen-bond acceptors (Lipinski definition) is 4. The lowest BCUT2D eigenvalue weighted by molar-refractivity contribution is 0.414. The average molecular weight is 359 g/mol. The second kappa shape index (κ2) is 6.85. The second-order valence-corrected chi connectivity index (χ2v) is 8.10. The van der Waals surface area contributed by atoms with Crippen LogP contribution in [0.4, 0.5) is 0 Å². The summed E-state index contributed by atoms with van der Waals surface area (Å²) in [4.78, 5) is 0. The highest BCUT2D eigenvalue weighted by atomic mass is 32.2. The van der Waals surface area contributed by atoms with Gasteiger partial charge in [-0.2, -0.15) is 5.10 Å². The maximum absolute atomic E-state index is 12.7. The number of methoxy groups -OCH3 is 1. The van der Waals surface area contributed by atoms with Crippen LogP contribution in [0.15, 0.2) is 48.7 Å². The van der Waals surface area contributed by atoms with Crippen molar-refractivity contribution in [3.8, 4) is 5.75 Å². The molecule has 0 aliphatic heterocycles. The zero-order valence-electron chi connectivity index (χ0n) is 14.5. The lowest BCUT2D eigenvalue weighted by atomic mass is 10.2. The predicted octanol–water partition coefficient (Wildman–Crippen LogP) is 2.54. The molecule has 0 unspecified atom stereocenters. The van der Waals surface area contributed by atoms with E-state index in [-0.39, 0.29) is 5.75 Å². The van der Waals surface area contributed by atoms with Crippen LogP contribution in [0.5, 0.6) is 5.75 Å². The normalized spacial score (nSPS) is 12.0. The molecule has 0 N–H and O–H groups in total. The van der Waals surface area contributed by atoms with E-state index in [0.29, 0.717) is 6.54 Å². The first kappa shape index (κ1) is 17.4. The number of ether oxygens (including phenoxy) is 1. The molecule has 3 rings (SSSR count). The summed E-state index contributed by atoms with van der Waals surface area (Å²) < 4.78 is 33.6. The van der Waals surface area contributed by atoms with Crippen LogP contribution in [-0.2, 0) is 29.4 Å². The van der Waals surface area contributed by atoms with Gasteiger partial charge in [-0.05, 0) is 29.3 Å². The molecule has 0 saturated carbocycles. The van der Waals surface area contributed by atoms with Crippen molar-refractivity contribution < 1.29 is 13.2 Å². The van der Waals surface area contributed by atoms with Crippen molar-refractivity contribution in [2.24, 2.45) is 7.05 Å². The number of aryl methyl sites for hydroxylation is 1. The van der Waals surface area contributed by atoms with Gasteiger partial charge in [-0.1, -0.05) is 24.3 Å². The lowest BCUT2D eigenvalue weighted by Gasteiger charge is -2.17. The van der Waals surface area contributed by atoms with E-state index in [2.05, 4.69) is 5.10 Å². The molecule has 0 bridgehead atoms. The Balaban J connectivity index is 1.75. The van der Waals surface area contributed by atoms with E-state index in [9.17, 15) is 8.42 Å². The number of benzene rings is 2. The third kappa shape index (κ3) is 3.83. The molecule has 3 aromatic rings. The number of nitrogens with zero attached hydrogens (tertiary/aromatic N) is 3. The summed E-state index contributed by atoms with van der Waals surface area (Å²) in [7, 11) is 1.63. The van der Waals surface area contributed by atoms with Gasteiger partial charge in [0.1, 0.15) is 5.75 Å². The summed E-state index contributed by atoms with van der Waals surface area (Å²) in [6.07, 6.45) is 1.77. The molecule has 6 nitrogen and oxygen atoms in total. The summed E-state index contributed by atoms with van der Waals surface area (Å²) >= 11 is 0. The molecule has 7 heteroatoms. The van der Waals surface area contributed by atoms with Gasteiger partial charge in [0, 0.05) is 26.0 Å². The van der Waals surface area contributed by atoms with E-state index in [1.807, 2.05) is 49.5 Å². The lowest BCUT2D eigenvalue weighted by Crippen LogP contribution is -2.27. The average Bonchev–Trinajstić information content (AvgIpc) is 2.96. The van der Waals surface area contributed by atoms with E-state index in [0.717, 1.165) is 27.8 Å². The van der Waals surface area contributed by atoms with Crippen molar-refractivity contribution in [3.63, 3.8) is 0 Å². The van der Waals surface area contributed by atoms with E-state index in [4.69, 9.17) is 4.74 Å². The van der Waals surface area contributed by atoms with Crippen LogP contribution in [0, 0.1) is 0 Å². The molecule has 0 atom stereocenters. The maximum atomic E-state index is 12.7. The Morgan fingerprint density at radius 1 is 1.12 bits per heavy atom. The molecule has 0 amide bonds. The largest absolute Gasteiger partial charge is 0.497 e. The molecule has 0 aliphatic carbocycles. The van der Waals surface area contributed by atoms with Gasteiger partial charge in [0.05, 0.1) is 24.6 Å². The zero-order chi connectivity index (χ0) is 18.0. The van der Waals surface area contributed by atoms with Crippen molar-refractivity contribution in [1.82, 2.24) is 14.1 Å². The van der Waals surface area contributed by atoms with Crippen LogP contribution in [0.25, 0.3) is 10.9 Å². The summed E-state index contributed by atoms with van der Waals surface area (Å²) in [6.45, 7) is 0.320. The molecule has 132 valence electrons. The number of aromatic nitrogens is 2. The molecule has 0 spiro atoms. The van der Waals surface area contributed by atoms with Crippen molar-refractivity contribution in [3.05, 3.63) is 59.8 Å². The van der Waals surface area contributed by atoms with Crippen molar-refractivity contribution >= 4 is 20.9 Å². The van der Waals surface area contributed by atoms with Gasteiger partial charge in [0.15, 0.2) is 0 Å². The van der Waals surface area contributed by atoms with Gasteiger partial charge in [-0.3, -0.25) is 4.68 Å². The molecule has 1 heterocycles. The summed E-state index contributed by atoms with van der Waals surface area (Å²) in [5, 5.41) is 5.18. The Bertz CT molecular complexity index is 978. The summed E-state index contributed by atoms with van der Waals surface area (Å²) in [5.41, 5.74) is 2.58. The zero-order valence-corrected chi connectivity index (χ0v) is 15.3. The number of hydrogen-bond donors (Lipinski definition) is 0. The highest BCUT2D eigenvalue weighted by Crippen LogP contribution is 2.19. The van der Waals surface area contributed by atoms with E-state index < -0.39 is 10.0 Å². The monoisotopic (exact) mass is 359 g/mol. The van der Waals surface area contributed by atoms with Crippen LogP contribution >= 0.6 is 0 Å². The minimum atomic E-state index is -3.42. The molecule has 0 radical (unpaired) electrons. The van der Waals surface area contributed by atoms with Crippen molar-refractivity contribution in [2.75, 3.05) is 14.2 Å². The SMILES string of the molecule is COc1ccc(CN(C)S(=O)(=O)Cc2ccc3cnn(C)c3c2)cc1. The fourth-order valence-corrected chi connectivity index (χ4v) is 3.85. The van der Waals surface area contributed by atoms with E-state index >= 15 is 0 Å². The topological polar surface area (TPSA) is 64.4 Å². The Morgan fingerprint density at radius 2 is 1.80 bits per heavy atom. The first-order valence-electron chi connectivity index (χ1n) is 7.86. The molecule has 25 heavy (non-hydrogen) atoms. The molecule has 1 aromatic heterocycles. The minimum absolute atomic E-state index is 0.0409. The molecule has 0 aliphatic rings. The van der Waals surface area contributed by atoms with Crippen LogP contribution in [0.1, 0.15) is 11.1 Å². The van der Waals surface area contributed by atoms with Crippen LogP contribution in [0.3, 0.4) is 0 Å². The molecular weight excluding hydrogens is 338 g/mol. The molecular formula is C18H21N3O3S. The second-order valence-electron chi connectivity index (χ2n) is 6.02. The quantitative estimate of drug-likeness (QED) is 0.678. The Morgan fingerprint density at radius 3 is 2.48 bits per heavy atom. The van der Waals surface area contributed by atoms with Crippen LogP contribution in [-0.4, -0.2) is 36.7 Å². The Kier molecular flexibility index (Phi) is 4.78. The first-order chi connectivity index (χ1) is 11.9. The minimum Gasteiger partial charge on any atom is -0.497 e. The van der Waals surface area contributed by atoms with E-state index in [1.165, 1.54) is 4.31 Å². The maximum Gasteiger partial charge on any atom is 0.218 e. The van der Waals surface area contributed by atoms with Gasteiger partial charge in [0.2, 0.25) is 10.0 Å². The third-order valence-corrected chi connectivity index (χ3v) is 5.98. The molecule has 0 fully saturated rings. The summed E-state index contributed by atoms with van der Waals surface area (Å²) in [6, 6.07) is 13.0. The summed E-state index contributed by atoms with van der Waals surface area (Å²) in [5.74, 6) is 0.708. The van der Waals surface area contributed by atoms with Gasteiger partial charge in [-0.25, -0.2) is 12.7 Å². The van der Waals surface area contributed by atoms with Gasteiger partial charge in [-0.15, -0.1) is 0 Å². The third-order valence-electron chi connectivity index (χ3n) is 4.20. The standard InChI is InChI=1S/C18H21N3O3S/c1-20(12-14-5-8-17(24-3)9-6-14)25(22,23)13-15-4-7-16-11-19-21(2)18(16)10-15/h4-11H,12-13H2,1-3H3. The fraction of sp³-hybridized carbons (Fsp3) is 0.278. The van der Waals surface area contributed by atoms with Crippen LogP contribution in [0.2, 0.25) is 0 Å². The van der Waals surface area contributed by atoms with E-state index in [1.54, 1.807) is 25.0 Å². The highest BCUT2D eigenvalue weighted by molar-refractivity contribution is 7.88. The first-order valence-corrected chi connectivity index (χ1v) is 9.47. The Hall–Kier alpha value is -2.38. The van der Waals surface area contributed by atoms with Crippen molar-refractivity contribution in [1.29, 1.82) is 0 Å². The molecule has 0 saturated heterocycles. The highest BCUT2D eigenvalue weighted by Gasteiger charge is 2.19. The van der Waals surface area contributed by atoms with Crippen molar-refractivity contribution in [2.45, 2.75) is 12.3 Å². The number of sulfonamides is 1. The molecule has 2 aromatic carbocycles. The number of fused-ring (bicyclic) bond motifs is 1. The van der Waals surface area contributed by atoms with Gasteiger partial charge in [0.25, 0.3) is 0 Å². The number of rotatable bonds is 6. The Labute approximate surface area is 147 Å². The smallest absolute Gasteiger partial charge is 0.218 e. The van der Waals surface area contributed by atoms with Gasteiger partial charge >= 0.3 is 0 Å². The predicted molar refractivity (Wildman–Crippen MR) is 97.8 cm³/mol. The van der Waals surface area contributed by atoms with Crippen LogP contribution < -0.4 is 4.74 Å². The van der Waals surface area contributed by atoms with Gasteiger partial charge < -0.3 is 4.74 Å².